The van der Waals surface area contributed by atoms with Gasteiger partial charge < -0.3 is 5.32 Å². The van der Waals surface area contributed by atoms with Gasteiger partial charge in [-0.1, -0.05) is 12.1 Å². The van der Waals surface area contributed by atoms with E-state index in [-0.39, 0.29) is 15.7 Å². The van der Waals surface area contributed by atoms with Crippen LogP contribution in [0.4, 0.5) is 11.4 Å². The van der Waals surface area contributed by atoms with Crippen molar-refractivity contribution in [3.8, 4) is 0 Å². The maximum atomic E-state index is 12.2. The molecule has 2 aromatic carbocycles. The van der Waals surface area contributed by atoms with Gasteiger partial charge in [-0.25, -0.2) is 8.42 Å². The highest BCUT2D eigenvalue weighted by Gasteiger charge is 2.17. The Labute approximate surface area is 150 Å². The first-order valence-corrected chi connectivity index (χ1v) is 8.99. The van der Waals surface area contributed by atoms with Gasteiger partial charge in [0.25, 0.3) is 15.7 Å². The molecule has 0 unspecified atom stereocenters. The normalized spacial score (nSPS) is 11.0. The van der Waals surface area contributed by atoms with Crippen LogP contribution in [0.25, 0.3) is 0 Å². The molecule has 0 radical (unpaired) electrons. The highest BCUT2D eigenvalue weighted by molar-refractivity contribution is 7.89. The highest BCUT2D eigenvalue weighted by Crippen LogP contribution is 2.17. The van der Waals surface area contributed by atoms with E-state index in [1.54, 1.807) is 0 Å². The van der Waals surface area contributed by atoms with Crippen molar-refractivity contribution in [2.24, 2.45) is 0 Å². The van der Waals surface area contributed by atoms with Crippen LogP contribution in [-0.2, 0) is 10.0 Å². The van der Waals surface area contributed by atoms with Crippen molar-refractivity contribution < 1.29 is 13.3 Å². The van der Waals surface area contributed by atoms with Crippen LogP contribution in [0.5, 0.6) is 0 Å². The lowest BCUT2D eigenvalue weighted by molar-refractivity contribution is -0.385. The lowest BCUT2D eigenvalue weighted by atomic mass is 10.1. The number of nitro groups is 1. The fourth-order valence-electron chi connectivity index (χ4n) is 1.92. The topological polar surface area (TPSA) is 113 Å². The monoisotopic (exact) mass is 380 g/mol. The van der Waals surface area contributed by atoms with E-state index in [4.69, 9.17) is 12.2 Å². The molecule has 10 heteroatoms. The second-order valence-corrected chi connectivity index (χ2v) is 7.33. The van der Waals surface area contributed by atoms with Crippen molar-refractivity contribution in [3.05, 3.63) is 63.7 Å². The van der Waals surface area contributed by atoms with Crippen molar-refractivity contribution in [1.82, 2.24) is 10.3 Å². The molecule has 0 atom stereocenters. The molecule has 0 aliphatic heterocycles. The van der Waals surface area contributed by atoms with E-state index in [0.29, 0.717) is 5.69 Å². The molecule has 2 rings (SSSR count). The maximum Gasteiger partial charge on any atom is 0.270 e. The number of nitro benzene ring substituents is 1. The van der Waals surface area contributed by atoms with Crippen molar-refractivity contribution in [2.75, 3.05) is 5.32 Å². The van der Waals surface area contributed by atoms with Crippen molar-refractivity contribution in [2.45, 2.75) is 18.7 Å². The second-order valence-electron chi connectivity index (χ2n) is 5.24. The minimum atomic E-state index is -4.01. The Hall–Kier alpha value is -2.56. The molecule has 0 amide bonds. The van der Waals surface area contributed by atoms with E-state index in [9.17, 15) is 18.5 Å². The van der Waals surface area contributed by atoms with E-state index in [0.717, 1.165) is 17.2 Å². The van der Waals surface area contributed by atoms with Crippen molar-refractivity contribution in [1.29, 1.82) is 0 Å². The number of nitrogens with one attached hydrogen (secondary N) is 3. The molecule has 0 aliphatic carbocycles. The van der Waals surface area contributed by atoms with Gasteiger partial charge in [-0.15, -0.1) is 4.83 Å². The summed E-state index contributed by atoms with van der Waals surface area (Å²) in [5, 5.41) is 13.6. The SMILES string of the molecule is Cc1ccc(NC(=S)NNS(=O)(=O)c2cccc([N+](=O)[O-])c2)cc1C. The van der Waals surface area contributed by atoms with Crippen LogP contribution >= 0.6 is 12.2 Å². The number of thiocarbonyl (C=S) groups is 1. The van der Waals surface area contributed by atoms with E-state index >= 15 is 0 Å². The van der Waals surface area contributed by atoms with Crippen LogP contribution in [0.15, 0.2) is 47.4 Å². The maximum absolute atomic E-state index is 12.2. The number of nitrogens with zero attached hydrogens (tertiary/aromatic N) is 1. The number of non-ortho nitro benzene ring substituents is 1. The van der Waals surface area contributed by atoms with Gasteiger partial charge in [-0.05, 0) is 55.4 Å². The smallest absolute Gasteiger partial charge is 0.270 e. The molecule has 0 bridgehead atoms. The van der Waals surface area contributed by atoms with Gasteiger partial charge in [0.05, 0.1) is 9.82 Å². The largest absolute Gasteiger partial charge is 0.332 e. The molecule has 2 aromatic rings. The predicted octanol–water partition coefficient (Wildman–Crippen LogP) is 2.39. The van der Waals surface area contributed by atoms with Crippen LogP contribution in [0, 0.1) is 24.0 Å². The first kappa shape index (κ1) is 18.8. The number of benzene rings is 2. The molecular formula is C15H16N4O4S2. The van der Waals surface area contributed by atoms with Crippen LogP contribution in [0.1, 0.15) is 11.1 Å². The summed E-state index contributed by atoms with van der Waals surface area (Å²) in [6.07, 6.45) is 0. The standard InChI is InChI=1S/C15H16N4O4S2/c1-10-6-7-12(8-11(10)2)16-15(24)17-18-25(22,23)14-5-3-4-13(9-14)19(20)21/h3-9,18H,1-2H3,(H2,16,17,24). The molecule has 0 fully saturated rings. The summed E-state index contributed by atoms with van der Waals surface area (Å²) < 4.78 is 24.4. The molecule has 0 aliphatic rings. The third-order valence-electron chi connectivity index (χ3n) is 3.40. The Morgan fingerprint density at radius 3 is 2.48 bits per heavy atom. The van der Waals surface area contributed by atoms with E-state index in [2.05, 4.69) is 15.6 Å². The fraction of sp³-hybridized carbons (Fsp3) is 0.133. The summed E-state index contributed by atoms with van der Waals surface area (Å²) >= 11 is 5.04. The number of sulfonamides is 1. The molecule has 132 valence electrons. The minimum Gasteiger partial charge on any atom is -0.332 e. The Kier molecular flexibility index (Phi) is 5.67. The number of hydrogen-bond acceptors (Lipinski definition) is 5. The third kappa shape index (κ3) is 4.95. The highest BCUT2D eigenvalue weighted by atomic mass is 32.2. The predicted molar refractivity (Wildman–Crippen MR) is 98.7 cm³/mol. The summed E-state index contributed by atoms with van der Waals surface area (Å²) in [7, 11) is -4.01. The summed E-state index contributed by atoms with van der Waals surface area (Å²) in [5.74, 6) is 0. The van der Waals surface area contributed by atoms with Gasteiger partial charge in [0, 0.05) is 17.8 Å². The summed E-state index contributed by atoms with van der Waals surface area (Å²) in [6, 6.07) is 10.3. The molecule has 0 spiro atoms. The average molecular weight is 380 g/mol. The quantitative estimate of drug-likeness (QED) is 0.415. The summed E-state index contributed by atoms with van der Waals surface area (Å²) in [4.78, 5) is 11.9. The summed E-state index contributed by atoms with van der Waals surface area (Å²) in [5.41, 5.74) is 4.93. The number of aryl methyl sites for hydroxylation is 2. The first-order chi connectivity index (χ1) is 11.7. The minimum absolute atomic E-state index is 0.0391. The molecule has 8 nitrogen and oxygen atoms in total. The zero-order valence-electron chi connectivity index (χ0n) is 13.4. The average Bonchev–Trinajstić information content (AvgIpc) is 2.56. The second kappa shape index (κ2) is 7.55. The molecule has 0 aromatic heterocycles. The first-order valence-electron chi connectivity index (χ1n) is 7.09. The van der Waals surface area contributed by atoms with Crippen LogP contribution in [0.3, 0.4) is 0 Å². The number of anilines is 1. The Morgan fingerprint density at radius 1 is 1.12 bits per heavy atom. The lowest BCUT2D eigenvalue weighted by Crippen LogP contribution is -2.43. The molecule has 0 saturated heterocycles. The Morgan fingerprint density at radius 2 is 1.84 bits per heavy atom. The van der Waals surface area contributed by atoms with Gasteiger partial charge in [-0.2, -0.15) is 0 Å². The molecule has 25 heavy (non-hydrogen) atoms. The van der Waals surface area contributed by atoms with Crippen LogP contribution < -0.4 is 15.6 Å². The van der Waals surface area contributed by atoms with Gasteiger partial charge in [0.2, 0.25) is 0 Å². The number of hydrazine groups is 1. The van der Waals surface area contributed by atoms with Gasteiger partial charge in [-0.3, -0.25) is 15.5 Å². The fourth-order valence-corrected chi connectivity index (χ4v) is 3.04. The molecular weight excluding hydrogens is 364 g/mol. The van der Waals surface area contributed by atoms with Crippen molar-refractivity contribution in [3.63, 3.8) is 0 Å². The Bertz CT molecular complexity index is 929. The molecule has 3 N–H and O–H groups in total. The van der Waals surface area contributed by atoms with Crippen LogP contribution in [0.2, 0.25) is 0 Å². The van der Waals surface area contributed by atoms with E-state index in [1.165, 1.54) is 18.2 Å². The van der Waals surface area contributed by atoms with Gasteiger partial charge in [0.15, 0.2) is 5.11 Å². The number of rotatable bonds is 5. The van der Waals surface area contributed by atoms with E-state index < -0.39 is 14.9 Å². The van der Waals surface area contributed by atoms with Crippen LogP contribution in [-0.4, -0.2) is 18.5 Å². The zero-order valence-corrected chi connectivity index (χ0v) is 15.1. The number of hydrogen-bond donors (Lipinski definition) is 3. The third-order valence-corrected chi connectivity index (χ3v) is 4.85. The van der Waals surface area contributed by atoms with Gasteiger partial charge >= 0.3 is 0 Å². The summed E-state index contributed by atoms with van der Waals surface area (Å²) in [6.45, 7) is 3.92. The van der Waals surface area contributed by atoms with Gasteiger partial charge in [0.1, 0.15) is 0 Å². The molecule has 0 saturated carbocycles. The lowest BCUT2D eigenvalue weighted by Gasteiger charge is -2.13. The molecule has 0 heterocycles. The van der Waals surface area contributed by atoms with E-state index in [1.807, 2.05) is 32.0 Å². The van der Waals surface area contributed by atoms with Crippen molar-refractivity contribution >= 4 is 38.7 Å². The zero-order chi connectivity index (χ0) is 18.6. The Balaban J connectivity index is 2.03.